The van der Waals surface area contributed by atoms with E-state index in [-0.39, 0.29) is 18.5 Å². The van der Waals surface area contributed by atoms with E-state index in [1.807, 2.05) is 49.4 Å². The fourth-order valence-corrected chi connectivity index (χ4v) is 2.74. The fraction of sp³-hybridized carbons (Fsp3) is 0.316. The molecule has 0 aliphatic carbocycles. The predicted molar refractivity (Wildman–Crippen MR) is 99.3 cm³/mol. The largest absolute Gasteiger partial charge is 0.493 e. The zero-order valence-corrected chi connectivity index (χ0v) is 15.4. The van der Waals surface area contributed by atoms with Gasteiger partial charge in [0.2, 0.25) is 5.91 Å². The van der Waals surface area contributed by atoms with Crippen molar-refractivity contribution in [3.8, 4) is 11.5 Å². The molecule has 2 rings (SSSR count). The first-order valence-electron chi connectivity index (χ1n) is 8.00. The maximum absolute atomic E-state index is 12.1. The van der Waals surface area contributed by atoms with E-state index in [4.69, 9.17) is 21.1 Å². The van der Waals surface area contributed by atoms with Gasteiger partial charge in [0.15, 0.2) is 11.5 Å². The molecule has 1 amide bonds. The van der Waals surface area contributed by atoms with E-state index in [1.165, 1.54) is 0 Å². The smallest absolute Gasteiger partial charge is 0.234 e. The second-order valence-electron chi connectivity index (χ2n) is 5.59. The first-order chi connectivity index (χ1) is 12.0. The molecule has 25 heavy (non-hydrogen) atoms. The molecular formula is C19H23ClN2O3. The third-order valence-electron chi connectivity index (χ3n) is 3.88. The number of hydrogen-bond acceptors (Lipinski definition) is 4. The minimum Gasteiger partial charge on any atom is -0.493 e. The second-order valence-corrected chi connectivity index (χ2v) is 6.00. The minimum atomic E-state index is -0.0892. The summed E-state index contributed by atoms with van der Waals surface area (Å²) < 4.78 is 10.5. The van der Waals surface area contributed by atoms with Crippen LogP contribution in [-0.4, -0.2) is 26.7 Å². The number of methoxy groups -OCH3 is 2. The number of carbonyl (C=O) groups excluding carboxylic acids is 1. The van der Waals surface area contributed by atoms with Crippen LogP contribution in [0.4, 0.5) is 0 Å². The van der Waals surface area contributed by atoms with E-state index >= 15 is 0 Å². The molecule has 0 spiro atoms. The van der Waals surface area contributed by atoms with Gasteiger partial charge in [-0.2, -0.15) is 0 Å². The summed E-state index contributed by atoms with van der Waals surface area (Å²) in [6.45, 7) is 2.60. The van der Waals surface area contributed by atoms with Crippen LogP contribution in [0.25, 0.3) is 0 Å². The summed E-state index contributed by atoms with van der Waals surface area (Å²) in [7, 11) is 3.17. The van der Waals surface area contributed by atoms with Crippen LogP contribution in [-0.2, 0) is 11.3 Å². The number of ether oxygens (including phenoxy) is 2. The highest BCUT2D eigenvalue weighted by Gasteiger charge is 2.11. The normalized spacial score (nSPS) is 11.7. The number of halogens is 1. The van der Waals surface area contributed by atoms with Gasteiger partial charge in [-0.05, 0) is 36.2 Å². The third kappa shape index (κ3) is 5.37. The summed E-state index contributed by atoms with van der Waals surface area (Å²) >= 11 is 6.17. The summed E-state index contributed by atoms with van der Waals surface area (Å²) in [6, 6.07) is 13.1. The summed E-state index contributed by atoms with van der Waals surface area (Å²) in [5.41, 5.74) is 1.90. The molecule has 0 saturated heterocycles. The van der Waals surface area contributed by atoms with Crippen LogP contribution in [0.2, 0.25) is 5.02 Å². The van der Waals surface area contributed by atoms with E-state index in [2.05, 4.69) is 10.6 Å². The summed E-state index contributed by atoms with van der Waals surface area (Å²) in [6.07, 6.45) is 0. The van der Waals surface area contributed by atoms with Crippen LogP contribution in [0.5, 0.6) is 11.5 Å². The minimum absolute atomic E-state index is 0.0134. The first-order valence-corrected chi connectivity index (χ1v) is 8.38. The van der Waals surface area contributed by atoms with Gasteiger partial charge in [-0.3, -0.25) is 4.79 Å². The molecule has 1 atom stereocenters. The zero-order valence-electron chi connectivity index (χ0n) is 14.6. The highest BCUT2D eigenvalue weighted by atomic mass is 35.5. The summed E-state index contributed by atoms with van der Waals surface area (Å²) in [5, 5.41) is 6.74. The number of hydrogen-bond donors (Lipinski definition) is 2. The topological polar surface area (TPSA) is 59.6 Å². The highest BCUT2D eigenvalue weighted by molar-refractivity contribution is 6.31. The quantitative estimate of drug-likeness (QED) is 0.756. The lowest BCUT2D eigenvalue weighted by atomic mass is 10.1. The molecule has 6 heteroatoms. The maximum atomic E-state index is 12.1. The molecule has 2 aromatic rings. The lowest BCUT2D eigenvalue weighted by Gasteiger charge is -2.15. The molecule has 0 fully saturated rings. The Morgan fingerprint density at radius 2 is 1.84 bits per heavy atom. The third-order valence-corrected chi connectivity index (χ3v) is 4.22. The molecule has 0 saturated carbocycles. The molecule has 0 heterocycles. The number of rotatable bonds is 8. The van der Waals surface area contributed by atoms with Gasteiger partial charge >= 0.3 is 0 Å². The Kier molecular flexibility index (Phi) is 7.10. The summed E-state index contributed by atoms with van der Waals surface area (Å²) in [4.78, 5) is 12.1. The summed E-state index contributed by atoms with van der Waals surface area (Å²) in [5.74, 6) is 1.21. The lowest BCUT2D eigenvalue weighted by Crippen LogP contribution is -2.34. The lowest BCUT2D eigenvalue weighted by molar-refractivity contribution is -0.120. The Bertz CT molecular complexity index is 722. The molecule has 134 valence electrons. The van der Waals surface area contributed by atoms with E-state index in [0.717, 1.165) is 11.1 Å². The number of nitrogens with one attached hydrogen (secondary N) is 2. The van der Waals surface area contributed by atoms with Crippen LogP contribution < -0.4 is 20.1 Å². The van der Waals surface area contributed by atoms with Crippen molar-refractivity contribution in [3.05, 3.63) is 58.6 Å². The van der Waals surface area contributed by atoms with E-state index in [0.29, 0.717) is 23.1 Å². The molecule has 0 radical (unpaired) electrons. The van der Waals surface area contributed by atoms with Crippen LogP contribution in [0.1, 0.15) is 24.1 Å². The van der Waals surface area contributed by atoms with Gasteiger partial charge in [0.1, 0.15) is 0 Å². The molecular weight excluding hydrogens is 340 g/mol. The van der Waals surface area contributed by atoms with Crippen molar-refractivity contribution in [2.75, 3.05) is 20.8 Å². The maximum Gasteiger partial charge on any atom is 0.234 e. The molecule has 5 nitrogen and oxygen atoms in total. The zero-order chi connectivity index (χ0) is 18.2. The van der Waals surface area contributed by atoms with Crippen LogP contribution in [0, 0.1) is 0 Å². The Morgan fingerprint density at radius 3 is 2.52 bits per heavy atom. The van der Waals surface area contributed by atoms with Gasteiger partial charge < -0.3 is 20.1 Å². The Morgan fingerprint density at radius 1 is 1.12 bits per heavy atom. The van der Waals surface area contributed by atoms with Crippen LogP contribution >= 0.6 is 11.6 Å². The van der Waals surface area contributed by atoms with E-state index in [1.54, 1.807) is 14.2 Å². The van der Waals surface area contributed by atoms with E-state index < -0.39 is 0 Å². The van der Waals surface area contributed by atoms with Crippen molar-refractivity contribution in [2.45, 2.75) is 19.5 Å². The Balaban J connectivity index is 1.84. The fourth-order valence-electron chi connectivity index (χ4n) is 2.44. The second kappa shape index (κ2) is 9.30. The number of amides is 1. The monoisotopic (exact) mass is 362 g/mol. The first kappa shape index (κ1) is 19.1. The van der Waals surface area contributed by atoms with Crippen LogP contribution in [0.15, 0.2) is 42.5 Å². The molecule has 0 bridgehead atoms. The molecule has 0 aliphatic rings. The Hall–Kier alpha value is -2.24. The molecule has 0 aromatic heterocycles. The Labute approximate surface area is 153 Å². The standard InChI is InChI=1S/C19H23ClN2O3/c1-13(15-6-4-5-7-16(15)20)21-12-19(23)22-11-14-8-9-17(24-2)18(10-14)25-3/h4-10,13,21H,11-12H2,1-3H3,(H,22,23)/t13-/m1/s1. The molecule has 0 aliphatic heterocycles. The van der Waals surface area contributed by atoms with Gasteiger partial charge in [0.25, 0.3) is 0 Å². The van der Waals surface area contributed by atoms with Gasteiger partial charge in [0.05, 0.1) is 20.8 Å². The predicted octanol–water partition coefficient (Wildman–Crippen LogP) is 3.32. The van der Waals surface area contributed by atoms with Gasteiger partial charge in [-0.25, -0.2) is 0 Å². The van der Waals surface area contributed by atoms with Crippen LogP contribution in [0.3, 0.4) is 0 Å². The van der Waals surface area contributed by atoms with Crippen molar-refractivity contribution < 1.29 is 14.3 Å². The highest BCUT2D eigenvalue weighted by Crippen LogP contribution is 2.27. The van der Waals surface area contributed by atoms with Crippen molar-refractivity contribution >= 4 is 17.5 Å². The molecule has 0 unspecified atom stereocenters. The van der Waals surface area contributed by atoms with Crippen molar-refractivity contribution in [1.29, 1.82) is 0 Å². The molecule has 2 N–H and O–H groups in total. The van der Waals surface area contributed by atoms with Gasteiger partial charge in [0, 0.05) is 17.6 Å². The van der Waals surface area contributed by atoms with Crippen molar-refractivity contribution in [3.63, 3.8) is 0 Å². The number of carbonyl (C=O) groups is 1. The van der Waals surface area contributed by atoms with Gasteiger partial charge in [-0.15, -0.1) is 0 Å². The number of benzene rings is 2. The molecule has 2 aromatic carbocycles. The average molecular weight is 363 g/mol. The van der Waals surface area contributed by atoms with E-state index in [9.17, 15) is 4.79 Å². The van der Waals surface area contributed by atoms with Crippen molar-refractivity contribution in [2.24, 2.45) is 0 Å². The van der Waals surface area contributed by atoms with Crippen molar-refractivity contribution in [1.82, 2.24) is 10.6 Å². The SMILES string of the molecule is COc1ccc(CNC(=O)CN[C@H](C)c2ccccc2Cl)cc1OC. The van der Waals surface area contributed by atoms with Gasteiger partial charge in [-0.1, -0.05) is 35.9 Å². The average Bonchev–Trinajstić information content (AvgIpc) is 2.64.